The molecule has 0 amide bonds. The molecule has 4 bridgehead atoms. The summed E-state index contributed by atoms with van der Waals surface area (Å²) in [5.41, 5.74) is 0. The molecule has 0 aromatic rings. The standard InChI is InChI=1S/C10H20BrN6O2/c11-1-2-15(16(18)19)3-4-17-8-12-5-13(9-17)7-14(6-12)10-17/h1-10H2/q+1. The fourth-order valence-electron chi connectivity index (χ4n) is 3.57. The van der Waals surface area contributed by atoms with Crippen LogP contribution < -0.4 is 0 Å². The van der Waals surface area contributed by atoms with E-state index in [1.54, 1.807) is 0 Å². The molecule has 4 saturated heterocycles. The molecule has 0 aromatic carbocycles. The first-order valence-corrected chi connectivity index (χ1v) is 7.70. The minimum Gasteiger partial charge on any atom is -0.284 e. The minimum absolute atomic E-state index is 0.271. The van der Waals surface area contributed by atoms with Crippen LogP contribution in [-0.2, 0) is 0 Å². The van der Waals surface area contributed by atoms with E-state index in [4.69, 9.17) is 0 Å². The molecule has 0 aliphatic carbocycles. The third-order valence-corrected chi connectivity index (χ3v) is 4.46. The summed E-state index contributed by atoms with van der Waals surface area (Å²) in [5, 5.41) is 12.7. The van der Waals surface area contributed by atoms with E-state index in [2.05, 4.69) is 30.6 Å². The summed E-state index contributed by atoms with van der Waals surface area (Å²) >= 11 is 3.28. The van der Waals surface area contributed by atoms with E-state index in [1.807, 2.05) is 0 Å². The van der Waals surface area contributed by atoms with Crippen molar-refractivity contribution < 1.29 is 9.52 Å². The smallest absolute Gasteiger partial charge is 0.160 e. The largest absolute Gasteiger partial charge is 0.284 e. The zero-order valence-electron chi connectivity index (χ0n) is 10.9. The van der Waals surface area contributed by atoms with Gasteiger partial charge in [-0.2, -0.15) is 0 Å². The molecule has 0 saturated carbocycles. The zero-order valence-corrected chi connectivity index (χ0v) is 12.5. The van der Waals surface area contributed by atoms with Gasteiger partial charge in [0.05, 0.1) is 26.6 Å². The lowest BCUT2D eigenvalue weighted by Gasteiger charge is -2.60. The van der Waals surface area contributed by atoms with Crippen molar-refractivity contribution in [1.82, 2.24) is 19.7 Å². The summed E-state index contributed by atoms with van der Waals surface area (Å²) in [6, 6.07) is 0. The van der Waals surface area contributed by atoms with Crippen molar-refractivity contribution >= 4 is 15.9 Å². The minimum atomic E-state index is -0.271. The lowest BCUT2D eigenvalue weighted by molar-refractivity contribution is -0.981. The summed E-state index contributed by atoms with van der Waals surface area (Å²) in [5.74, 6) is 0. The number of halogens is 1. The molecule has 4 heterocycles. The topological polar surface area (TPSA) is 56.1 Å². The third-order valence-electron chi connectivity index (χ3n) is 4.11. The number of hydrogen-bond donors (Lipinski definition) is 0. The van der Waals surface area contributed by atoms with E-state index in [0.717, 1.165) is 51.0 Å². The fraction of sp³-hybridized carbons (Fsp3) is 1.00. The molecule has 19 heavy (non-hydrogen) atoms. The highest BCUT2D eigenvalue weighted by molar-refractivity contribution is 9.09. The monoisotopic (exact) mass is 335 g/mol. The van der Waals surface area contributed by atoms with E-state index in [-0.39, 0.29) is 5.03 Å². The first-order chi connectivity index (χ1) is 9.10. The molecule has 0 unspecified atom stereocenters. The average Bonchev–Trinajstić information content (AvgIpc) is 2.32. The summed E-state index contributed by atoms with van der Waals surface area (Å²) in [7, 11) is 0. The number of hydrazine groups is 1. The van der Waals surface area contributed by atoms with Crippen LogP contribution in [0.4, 0.5) is 0 Å². The molecule has 9 heteroatoms. The molecule has 0 radical (unpaired) electrons. The van der Waals surface area contributed by atoms with E-state index in [9.17, 15) is 10.1 Å². The van der Waals surface area contributed by atoms with Crippen molar-refractivity contribution in [3.8, 4) is 0 Å². The van der Waals surface area contributed by atoms with Crippen LogP contribution in [0.25, 0.3) is 0 Å². The number of nitrogens with zero attached hydrogens (tertiary/aromatic N) is 6. The Hall–Kier alpha value is -0.480. The fourth-order valence-corrected chi connectivity index (χ4v) is 3.98. The van der Waals surface area contributed by atoms with Gasteiger partial charge in [-0.3, -0.25) is 4.48 Å². The summed E-state index contributed by atoms with van der Waals surface area (Å²) in [6.45, 7) is 8.09. The highest BCUT2D eigenvalue weighted by Crippen LogP contribution is 2.28. The molecule has 0 N–H and O–H groups in total. The maximum absolute atomic E-state index is 11.0. The van der Waals surface area contributed by atoms with Crippen molar-refractivity contribution in [2.24, 2.45) is 0 Å². The van der Waals surface area contributed by atoms with Crippen molar-refractivity contribution in [1.29, 1.82) is 0 Å². The molecule has 4 aliphatic rings. The van der Waals surface area contributed by atoms with Gasteiger partial charge >= 0.3 is 0 Å². The second-order valence-corrected chi connectivity index (χ2v) is 6.60. The second kappa shape index (κ2) is 5.13. The maximum Gasteiger partial charge on any atom is 0.160 e. The molecule has 4 rings (SSSR count). The van der Waals surface area contributed by atoms with Crippen LogP contribution in [0.3, 0.4) is 0 Å². The first kappa shape index (κ1) is 13.5. The van der Waals surface area contributed by atoms with Crippen LogP contribution in [0.5, 0.6) is 0 Å². The van der Waals surface area contributed by atoms with Crippen molar-refractivity contribution in [2.75, 3.05) is 65.0 Å². The lowest BCUT2D eigenvalue weighted by Crippen LogP contribution is -2.79. The highest BCUT2D eigenvalue weighted by Gasteiger charge is 2.48. The van der Waals surface area contributed by atoms with E-state index < -0.39 is 0 Å². The van der Waals surface area contributed by atoms with Gasteiger partial charge in [0.15, 0.2) is 5.03 Å². The molecule has 0 spiro atoms. The van der Waals surface area contributed by atoms with Crippen LogP contribution in [0.2, 0.25) is 0 Å². The number of alkyl halides is 1. The molecule has 0 aromatic heterocycles. The lowest BCUT2D eigenvalue weighted by atomic mass is 10.3. The number of quaternary nitrogens is 1. The van der Waals surface area contributed by atoms with E-state index in [0.29, 0.717) is 18.4 Å². The normalized spacial score (nSPS) is 39.5. The number of nitro groups is 1. The third kappa shape index (κ3) is 2.70. The van der Waals surface area contributed by atoms with Crippen molar-refractivity contribution in [3.05, 3.63) is 10.1 Å². The van der Waals surface area contributed by atoms with Gasteiger partial charge in [-0.1, -0.05) is 15.9 Å². The van der Waals surface area contributed by atoms with Crippen LogP contribution in [0.15, 0.2) is 0 Å². The Balaban J connectivity index is 1.61. The Kier molecular flexibility index (Phi) is 3.65. The van der Waals surface area contributed by atoms with Crippen LogP contribution in [0, 0.1) is 10.1 Å². The summed E-state index contributed by atoms with van der Waals surface area (Å²) in [6.07, 6.45) is 0. The van der Waals surface area contributed by atoms with Gasteiger partial charge in [0.2, 0.25) is 0 Å². The summed E-state index contributed by atoms with van der Waals surface area (Å²) < 4.78 is 0.951. The molecule has 4 aliphatic heterocycles. The van der Waals surface area contributed by atoms with Gasteiger partial charge in [-0.05, 0) is 0 Å². The van der Waals surface area contributed by atoms with Gasteiger partial charge in [-0.25, -0.2) is 24.8 Å². The molecule has 4 fully saturated rings. The number of hydrogen-bond acceptors (Lipinski definition) is 5. The van der Waals surface area contributed by atoms with E-state index >= 15 is 0 Å². The summed E-state index contributed by atoms with van der Waals surface area (Å²) in [4.78, 5) is 18.3. The Morgan fingerprint density at radius 3 is 2.05 bits per heavy atom. The quantitative estimate of drug-likeness (QED) is 0.279. The molecular formula is C10H20BrN6O2+. The Morgan fingerprint density at radius 2 is 1.63 bits per heavy atom. The van der Waals surface area contributed by atoms with Gasteiger partial charge in [0, 0.05) is 5.33 Å². The van der Waals surface area contributed by atoms with Gasteiger partial charge < -0.3 is 0 Å². The van der Waals surface area contributed by atoms with Crippen LogP contribution in [-0.4, -0.2) is 94.2 Å². The predicted molar refractivity (Wildman–Crippen MR) is 72.2 cm³/mol. The van der Waals surface area contributed by atoms with E-state index in [1.165, 1.54) is 5.01 Å². The van der Waals surface area contributed by atoms with Gasteiger partial charge in [-0.15, -0.1) is 5.01 Å². The van der Waals surface area contributed by atoms with Crippen LogP contribution >= 0.6 is 15.9 Å². The van der Waals surface area contributed by atoms with Crippen molar-refractivity contribution in [2.45, 2.75) is 0 Å². The molecule has 108 valence electrons. The van der Waals surface area contributed by atoms with Gasteiger partial charge in [0.1, 0.15) is 33.1 Å². The van der Waals surface area contributed by atoms with Gasteiger partial charge in [0.25, 0.3) is 0 Å². The predicted octanol–water partition coefficient (Wildman–Crippen LogP) is -0.616. The van der Waals surface area contributed by atoms with Crippen molar-refractivity contribution in [3.63, 3.8) is 0 Å². The molecular weight excluding hydrogens is 316 g/mol. The molecule has 8 nitrogen and oxygen atoms in total. The Labute approximate surface area is 121 Å². The number of rotatable bonds is 6. The highest BCUT2D eigenvalue weighted by atomic mass is 79.9. The van der Waals surface area contributed by atoms with Crippen LogP contribution in [0.1, 0.15) is 0 Å². The Morgan fingerprint density at radius 1 is 1.11 bits per heavy atom. The first-order valence-electron chi connectivity index (χ1n) is 6.58. The SMILES string of the molecule is O=[N+]([O-])N(CCBr)CC[N+]12CN3CN(CN(C3)C1)C2. The average molecular weight is 336 g/mol. The molecule has 0 atom stereocenters. The zero-order chi connectivity index (χ0) is 13.5. The second-order valence-electron chi connectivity index (χ2n) is 5.81. The Bertz CT molecular complexity index is 333. The maximum atomic E-state index is 11.0.